The Morgan fingerprint density at radius 1 is 0.373 bits per heavy atom. The summed E-state index contributed by atoms with van der Waals surface area (Å²) in [5.41, 5.74) is 12.4. The Morgan fingerprint density at radius 3 is 1.25 bits per heavy atom. The van der Waals surface area contributed by atoms with Crippen molar-refractivity contribution in [1.29, 1.82) is 0 Å². The van der Waals surface area contributed by atoms with Crippen molar-refractivity contribution in [3.63, 3.8) is 0 Å². The van der Waals surface area contributed by atoms with Gasteiger partial charge >= 0.3 is 0 Å². The third kappa shape index (κ3) is 6.77. The molecule has 4 heteroatoms. The highest BCUT2D eigenvalue weighted by Crippen LogP contribution is 2.49. The normalized spacial score (nSPS) is 12.2. The van der Waals surface area contributed by atoms with Gasteiger partial charge in [0.25, 0.3) is 0 Å². The molecule has 0 spiro atoms. The van der Waals surface area contributed by atoms with E-state index in [2.05, 4.69) is 287 Å². The third-order valence-electron chi connectivity index (χ3n) is 13.0. The number of nitrogens with zero attached hydrogens (tertiary/aromatic N) is 4. The highest BCUT2D eigenvalue weighted by molar-refractivity contribution is 6.23. The molecule has 0 aliphatic heterocycles. The van der Waals surface area contributed by atoms with Crippen LogP contribution in [0.25, 0.3) is 76.5 Å². The maximum Gasteiger partial charge on any atom is 0.0619 e. The summed E-state index contributed by atoms with van der Waals surface area (Å²) in [6, 6.07) is 83.1. The summed E-state index contributed by atoms with van der Waals surface area (Å²) >= 11 is 0. The molecule has 0 amide bonds. The summed E-state index contributed by atoms with van der Waals surface area (Å²) in [7, 11) is 0. The van der Waals surface area contributed by atoms with E-state index in [-0.39, 0.29) is 0 Å². The van der Waals surface area contributed by atoms with Gasteiger partial charge in [0.15, 0.2) is 0 Å². The molecule has 10 aromatic carbocycles. The third-order valence-corrected chi connectivity index (χ3v) is 13.0. The molecular formula is C63H46N4. The molecule has 0 atom stereocenters. The minimum atomic E-state index is 1.07. The largest absolute Gasteiger partial charge is 0.316 e. The first kappa shape index (κ1) is 39.7. The van der Waals surface area contributed by atoms with Crippen LogP contribution in [0, 0.1) is 0 Å². The standard InChI is InChI=1S/C63H46N4/c1-2-22-46(66-58-36-17-13-28-50(58)51-29-14-18-37-59(51)66)27-21-44-64(45-23-5-3-6-24-45)62-54-32-9-11-34-56(54)63(57-35-12-10-33-55(57)62)65(47-25-7-4-8-26-47)48-40-42-49(43-41-48)67-60-38-19-15-30-52(60)53-31-16-20-39-61(53)67/h2-44H,1H3/b22-2-,44-21+,46-27+. The minimum Gasteiger partial charge on any atom is -0.316 e. The van der Waals surface area contributed by atoms with E-state index in [0.29, 0.717) is 0 Å². The summed E-state index contributed by atoms with van der Waals surface area (Å²) in [6.07, 6.45) is 11.0. The van der Waals surface area contributed by atoms with Gasteiger partial charge in [0.2, 0.25) is 0 Å². The Kier molecular flexibility index (Phi) is 10.0. The molecule has 2 heterocycles. The number of rotatable bonds is 10. The second-order valence-electron chi connectivity index (χ2n) is 16.9. The van der Waals surface area contributed by atoms with E-state index >= 15 is 0 Å². The lowest BCUT2D eigenvalue weighted by Gasteiger charge is -2.31. The number of benzene rings is 10. The quantitative estimate of drug-likeness (QED) is 0.0774. The number of fused-ring (bicyclic) bond motifs is 8. The molecule has 0 radical (unpaired) electrons. The predicted molar refractivity (Wildman–Crippen MR) is 287 cm³/mol. The summed E-state index contributed by atoms with van der Waals surface area (Å²) in [4.78, 5) is 4.79. The molecule has 0 saturated carbocycles. The number of hydrogen-bond acceptors (Lipinski definition) is 2. The summed E-state index contributed by atoms with van der Waals surface area (Å²) in [5.74, 6) is 0. The fraction of sp³-hybridized carbons (Fsp3) is 0.0159. The molecule has 12 aromatic rings. The summed E-state index contributed by atoms with van der Waals surface area (Å²) in [6.45, 7) is 2.08. The number of aromatic nitrogens is 2. The van der Waals surface area contributed by atoms with Crippen molar-refractivity contribution in [2.45, 2.75) is 6.92 Å². The van der Waals surface area contributed by atoms with Crippen LogP contribution in [-0.2, 0) is 0 Å². The first-order valence-electron chi connectivity index (χ1n) is 23.0. The lowest BCUT2D eigenvalue weighted by Crippen LogP contribution is -2.14. The van der Waals surface area contributed by atoms with E-state index in [1.54, 1.807) is 0 Å². The van der Waals surface area contributed by atoms with Crippen LogP contribution in [0.4, 0.5) is 28.4 Å². The smallest absolute Gasteiger partial charge is 0.0619 e. The molecule has 0 unspecified atom stereocenters. The number of anilines is 5. The van der Waals surface area contributed by atoms with Crippen LogP contribution in [0.2, 0.25) is 0 Å². The van der Waals surface area contributed by atoms with Crippen molar-refractivity contribution in [2.24, 2.45) is 0 Å². The van der Waals surface area contributed by atoms with E-state index in [4.69, 9.17) is 0 Å². The molecule has 0 aliphatic carbocycles. The van der Waals surface area contributed by atoms with Crippen molar-refractivity contribution < 1.29 is 0 Å². The lowest BCUT2D eigenvalue weighted by atomic mass is 9.95. The molecule has 4 nitrogen and oxygen atoms in total. The van der Waals surface area contributed by atoms with Crippen LogP contribution in [0.5, 0.6) is 0 Å². The van der Waals surface area contributed by atoms with Crippen molar-refractivity contribution >= 4 is 99.3 Å². The Labute approximate surface area is 390 Å². The van der Waals surface area contributed by atoms with Gasteiger partial charge in [-0.25, -0.2) is 0 Å². The van der Waals surface area contributed by atoms with Crippen LogP contribution < -0.4 is 9.80 Å². The van der Waals surface area contributed by atoms with Gasteiger partial charge in [0, 0.05) is 77.7 Å². The molecule has 0 aliphatic rings. The molecule has 0 bridgehead atoms. The second-order valence-corrected chi connectivity index (χ2v) is 16.9. The van der Waals surface area contributed by atoms with Gasteiger partial charge in [-0.1, -0.05) is 164 Å². The highest BCUT2D eigenvalue weighted by atomic mass is 15.2. The van der Waals surface area contributed by atoms with Crippen LogP contribution in [0.3, 0.4) is 0 Å². The zero-order valence-corrected chi connectivity index (χ0v) is 37.1. The van der Waals surface area contributed by atoms with Gasteiger partial charge in [-0.05, 0) is 97.9 Å². The zero-order valence-electron chi connectivity index (χ0n) is 37.1. The minimum absolute atomic E-state index is 1.07. The molecule has 67 heavy (non-hydrogen) atoms. The molecule has 0 fully saturated rings. The van der Waals surface area contributed by atoms with E-state index in [9.17, 15) is 0 Å². The average molecular weight is 859 g/mol. The Bertz CT molecular complexity index is 3710. The topological polar surface area (TPSA) is 16.3 Å². The van der Waals surface area contributed by atoms with Crippen LogP contribution in [0.15, 0.2) is 261 Å². The molecule has 2 aromatic heterocycles. The Morgan fingerprint density at radius 2 is 0.761 bits per heavy atom. The number of para-hydroxylation sites is 6. The molecule has 12 rings (SSSR count). The van der Waals surface area contributed by atoms with Gasteiger partial charge in [-0.3, -0.25) is 0 Å². The van der Waals surface area contributed by atoms with Gasteiger partial charge in [0.05, 0.1) is 33.4 Å². The van der Waals surface area contributed by atoms with Crippen molar-refractivity contribution in [1.82, 2.24) is 9.13 Å². The second kappa shape index (κ2) is 16.9. The SMILES string of the molecule is C\C=C/C(=C\C=C\N(c1ccccc1)c1c2ccccc2c(N(c2ccccc2)c2ccc(-n3c4ccccc4c4ccccc43)cc2)c2ccccc12)n1c2ccccc2c2ccccc21. The van der Waals surface area contributed by atoms with Crippen LogP contribution in [0.1, 0.15) is 6.92 Å². The van der Waals surface area contributed by atoms with Crippen molar-refractivity contribution in [3.8, 4) is 5.69 Å². The summed E-state index contributed by atoms with van der Waals surface area (Å²) < 4.78 is 4.75. The van der Waals surface area contributed by atoms with E-state index in [0.717, 1.165) is 61.4 Å². The fourth-order valence-corrected chi connectivity index (χ4v) is 10.2. The van der Waals surface area contributed by atoms with E-state index in [1.165, 1.54) is 43.6 Å². The van der Waals surface area contributed by atoms with Gasteiger partial charge in [-0.2, -0.15) is 0 Å². The molecule has 318 valence electrons. The van der Waals surface area contributed by atoms with Crippen molar-refractivity contribution in [3.05, 3.63) is 261 Å². The Hall–Kier alpha value is -8.86. The van der Waals surface area contributed by atoms with E-state index in [1.807, 2.05) is 0 Å². The first-order valence-corrected chi connectivity index (χ1v) is 23.0. The summed E-state index contributed by atoms with van der Waals surface area (Å²) in [5, 5.41) is 9.58. The van der Waals surface area contributed by atoms with Crippen LogP contribution in [-0.4, -0.2) is 9.13 Å². The maximum absolute atomic E-state index is 2.44. The molecule has 0 N–H and O–H groups in total. The lowest BCUT2D eigenvalue weighted by molar-refractivity contribution is 1.17. The molecular weight excluding hydrogens is 813 g/mol. The van der Waals surface area contributed by atoms with Crippen LogP contribution >= 0.6 is 0 Å². The van der Waals surface area contributed by atoms with E-state index < -0.39 is 0 Å². The first-order chi connectivity index (χ1) is 33.3. The Balaban J connectivity index is 1.05. The van der Waals surface area contributed by atoms with Gasteiger partial charge in [-0.15, -0.1) is 0 Å². The van der Waals surface area contributed by atoms with Gasteiger partial charge in [0.1, 0.15) is 0 Å². The van der Waals surface area contributed by atoms with Gasteiger partial charge < -0.3 is 18.9 Å². The number of allylic oxidation sites excluding steroid dienone is 5. The van der Waals surface area contributed by atoms with Crippen molar-refractivity contribution in [2.75, 3.05) is 9.80 Å². The monoisotopic (exact) mass is 858 g/mol. The predicted octanol–water partition coefficient (Wildman–Crippen LogP) is 17.4. The fourth-order valence-electron chi connectivity index (χ4n) is 10.2. The average Bonchev–Trinajstić information content (AvgIpc) is 3.91. The zero-order chi connectivity index (χ0) is 44.7. The molecule has 0 saturated heterocycles. The maximum atomic E-state index is 2.44. The number of hydrogen-bond donors (Lipinski definition) is 0. The highest BCUT2D eigenvalue weighted by Gasteiger charge is 2.24.